The van der Waals surface area contributed by atoms with Gasteiger partial charge in [0.1, 0.15) is 11.3 Å². The monoisotopic (exact) mass is 478 g/mol. The highest BCUT2D eigenvalue weighted by molar-refractivity contribution is 7.89. The standard InChI is InChI=1S/C21H19ClN2O7S/c1-13-9-21(25)31-19-12-20(16(22)11-15(13)19)30-18-6-5-14(10-17(18)24(26)27)32(28,29)23-7-3-2-4-8-23/h5-6,9-12H,2-4,7-8H2,1H3. The molecule has 2 aromatic carbocycles. The van der Waals surface area contributed by atoms with E-state index in [2.05, 4.69) is 0 Å². The number of rotatable bonds is 5. The predicted octanol–water partition coefficient (Wildman–Crippen LogP) is 4.63. The van der Waals surface area contributed by atoms with Crippen molar-refractivity contribution in [3.63, 3.8) is 0 Å². The molecule has 3 aromatic rings. The summed E-state index contributed by atoms with van der Waals surface area (Å²) in [5, 5.41) is 12.4. The Morgan fingerprint density at radius 1 is 1.09 bits per heavy atom. The lowest BCUT2D eigenvalue weighted by atomic mass is 10.1. The van der Waals surface area contributed by atoms with E-state index in [0.717, 1.165) is 25.3 Å². The number of sulfonamides is 1. The molecule has 11 heteroatoms. The molecule has 9 nitrogen and oxygen atoms in total. The van der Waals surface area contributed by atoms with Crippen LogP contribution >= 0.6 is 11.6 Å². The molecule has 1 saturated heterocycles. The highest BCUT2D eigenvalue weighted by Gasteiger charge is 2.29. The molecule has 4 rings (SSSR count). The molecule has 0 radical (unpaired) electrons. The Labute approximate surface area is 188 Å². The maximum atomic E-state index is 12.9. The van der Waals surface area contributed by atoms with Gasteiger partial charge in [-0.1, -0.05) is 18.0 Å². The molecule has 2 heterocycles. The molecule has 168 valence electrons. The fraction of sp³-hybridized carbons (Fsp3) is 0.286. The number of aryl methyl sites for hydroxylation is 1. The Morgan fingerprint density at radius 3 is 2.50 bits per heavy atom. The Kier molecular flexibility index (Phi) is 5.93. The summed E-state index contributed by atoms with van der Waals surface area (Å²) in [5.74, 6) is -0.161. The van der Waals surface area contributed by atoms with E-state index in [4.69, 9.17) is 20.8 Å². The number of nitro benzene ring substituents is 1. The second-order valence-electron chi connectivity index (χ2n) is 7.48. The number of benzene rings is 2. The molecule has 0 amide bonds. The van der Waals surface area contributed by atoms with E-state index in [-0.39, 0.29) is 27.0 Å². The average Bonchev–Trinajstić information content (AvgIpc) is 2.75. The summed E-state index contributed by atoms with van der Waals surface area (Å²) < 4.78 is 38.0. The van der Waals surface area contributed by atoms with E-state index < -0.39 is 26.3 Å². The average molecular weight is 479 g/mol. The van der Waals surface area contributed by atoms with Gasteiger partial charge >= 0.3 is 11.3 Å². The summed E-state index contributed by atoms with van der Waals surface area (Å²) in [6, 6.07) is 7.71. The molecule has 1 aliphatic rings. The maximum Gasteiger partial charge on any atom is 0.336 e. The number of piperidine rings is 1. The highest BCUT2D eigenvalue weighted by atomic mass is 35.5. The van der Waals surface area contributed by atoms with Gasteiger partial charge in [0, 0.05) is 36.7 Å². The molecule has 1 aliphatic heterocycles. The fourth-order valence-electron chi connectivity index (χ4n) is 3.66. The number of nitro groups is 1. The lowest BCUT2D eigenvalue weighted by Gasteiger charge is -2.25. The van der Waals surface area contributed by atoms with Crippen molar-refractivity contribution in [1.29, 1.82) is 0 Å². The van der Waals surface area contributed by atoms with Crippen LogP contribution in [0.5, 0.6) is 11.5 Å². The predicted molar refractivity (Wildman–Crippen MR) is 118 cm³/mol. The minimum Gasteiger partial charge on any atom is -0.448 e. The maximum absolute atomic E-state index is 12.9. The summed E-state index contributed by atoms with van der Waals surface area (Å²) in [6.07, 6.45) is 2.45. The van der Waals surface area contributed by atoms with Crippen LogP contribution in [0.2, 0.25) is 5.02 Å². The number of halogens is 1. The molecule has 0 spiro atoms. The van der Waals surface area contributed by atoms with Crippen molar-refractivity contribution in [3.8, 4) is 11.5 Å². The minimum absolute atomic E-state index is 0.0302. The summed E-state index contributed by atoms with van der Waals surface area (Å²) in [6.45, 7) is 2.49. The molecule has 0 saturated carbocycles. The number of ether oxygens (including phenoxy) is 1. The van der Waals surface area contributed by atoms with Gasteiger partial charge in [0.2, 0.25) is 15.8 Å². The van der Waals surface area contributed by atoms with Crippen LogP contribution in [0.4, 0.5) is 5.69 Å². The zero-order chi connectivity index (χ0) is 23.0. The van der Waals surface area contributed by atoms with Crippen molar-refractivity contribution < 1.29 is 22.5 Å². The van der Waals surface area contributed by atoms with E-state index in [1.165, 1.54) is 34.6 Å². The lowest BCUT2D eigenvalue weighted by Crippen LogP contribution is -2.35. The van der Waals surface area contributed by atoms with Crippen LogP contribution in [0.15, 0.2) is 50.5 Å². The van der Waals surface area contributed by atoms with E-state index >= 15 is 0 Å². The quantitative estimate of drug-likeness (QED) is 0.298. The summed E-state index contributed by atoms with van der Waals surface area (Å²) in [4.78, 5) is 22.5. The second-order valence-corrected chi connectivity index (χ2v) is 9.83. The summed E-state index contributed by atoms with van der Waals surface area (Å²) in [5.41, 5.74) is -0.212. The van der Waals surface area contributed by atoms with Gasteiger partial charge in [-0.15, -0.1) is 0 Å². The van der Waals surface area contributed by atoms with Gasteiger partial charge in [0.15, 0.2) is 0 Å². The molecule has 0 aliphatic carbocycles. The first kappa shape index (κ1) is 22.3. The van der Waals surface area contributed by atoms with E-state index in [0.29, 0.717) is 24.0 Å². The van der Waals surface area contributed by atoms with Gasteiger partial charge in [0.25, 0.3) is 0 Å². The molecular weight excluding hydrogens is 460 g/mol. The van der Waals surface area contributed by atoms with Crippen molar-refractivity contribution in [2.24, 2.45) is 0 Å². The normalized spacial score (nSPS) is 15.1. The van der Waals surface area contributed by atoms with Crippen molar-refractivity contribution in [2.45, 2.75) is 31.1 Å². The van der Waals surface area contributed by atoms with Crippen molar-refractivity contribution in [1.82, 2.24) is 4.31 Å². The Bertz CT molecular complexity index is 1380. The van der Waals surface area contributed by atoms with Crippen LogP contribution in [-0.2, 0) is 10.0 Å². The number of fused-ring (bicyclic) bond motifs is 1. The first-order valence-corrected chi connectivity index (χ1v) is 11.7. The van der Waals surface area contributed by atoms with Gasteiger partial charge in [-0.2, -0.15) is 4.31 Å². The van der Waals surface area contributed by atoms with Crippen molar-refractivity contribution >= 4 is 38.3 Å². The smallest absolute Gasteiger partial charge is 0.336 e. The van der Waals surface area contributed by atoms with Crippen molar-refractivity contribution in [2.75, 3.05) is 13.1 Å². The van der Waals surface area contributed by atoms with Crippen LogP contribution < -0.4 is 10.4 Å². The second kappa shape index (κ2) is 8.53. The van der Waals surface area contributed by atoms with Crippen LogP contribution in [-0.4, -0.2) is 30.7 Å². The molecule has 0 bridgehead atoms. The molecule has 1 aromatic heterocycles. The number of hydrogen-bond acceptors (Lipinski definition) is 7. The van der Waals surface area contributed by atoms with Crippen LogP contribution in [0, 0.1) is 17.0 Å². The third kappa shape index (κ3) is 4.21. The fourth-order valence-corrected chi connectivity index (χ4v) is 5.40. The Hall–Kier alpha value is -2.95. The van der Waals surface area contributed by atoms with Gasteiger partial charge < -0.3 is 9.15 Å². The molecule has 0 N–H and O–H groups in total. The van der Waals surface area contributed by atoms with E-state index in [1.807, 2.05) is 0 Å². The summed E-state index contributed by atoms with van der Waals surface area (Å²) in [7, 11) is -3.86. The third-order valence-corrected chi connectivity index (χ3v) is 7.49. The highest BCUT2D eigenvalue weighted by Crippen LogP contribution is 2.39. The van der Waals surface area contributed by atoms with Crippen LogP contribution in [0.1, 0.15) is 24.8 Å². The number of nitrogens with zero attached hydrogens (tertiary/aromatic N) is 2. The lowest BCUT2D eigenvalue weighted by molar-refractivity contribution is -0.385. The van der Waals surface area contributed by atoms with Gasteiger partial charge in [-0.05, 0) is 43.5 Å². The topological polar surface area (TPSA) is 120 Å². The zero-order valence-electron chi connectivity index (χ0n) is 17.0. The summed E-state index contributed by atoms with van der Waals surface area (Å²) >= 11 is 6.29. The van der Waals surface area contributed by atoms with Crippen LogP contribution in [0.3, 0.4) is 0 Å². The van der Waals surface area contributed by atoms with E-state index in [9.17, 15) is 23.3 Å². The molecule has 1 fully saturated rings. The Morgan fingerprint density at radius 2 is 1.81 bits per heavy atom. The molecule has 0 atom stereocenters. The first-order valence-electron chi connectivity index (χ1n) is 9.87. The first-order chi connectivity index (χ1) is 15.2. The minimum atomic E-state index is -3.86. The van der Waals surface area contributed by atoms with Gasteiger partial charge in [-0.25, -0.2) is 13.2 Å². The largest absolute Gasteiger partial charge is 0.448 e. The van der Waals surface area contributed by atoms with Crippen LogP contribution in [0.25, 0.3) is 11.0 Å². The van der Waals surface area contributed by atoms with Crippen molar-refractivity contribution in [3.05, 3.63) is 67.5 Å². The number of hydrogen-bond donors (Lipinski definition) is 0. The van der Waals surface area contributed by atoms with E-state index in [1.54, 1.807) is 6.92 Å². The zero-order valence-corrected chi connectivity index (χ0v) is 18.6. The molecule has 0 unspecified atom stereocenters. The third-order valence-electron chi connectivity index (χ3n) is 5.30. The Balaban J connectivity index is 1.74. The van der Waals surface area contributed by atoms with Gasteiger partial charge in [-0.3, -0.25) is 10.1 Å². The van der Waals surface area contributed by atoms with Gasteiger partial charge in [0.05, 0.1) is 14.8 Å². The molecular formula is C21H19ClN2O7S. The molecule has 32 heavy (non-hydrogen) atoms. The SMILES string of the molecule is Cc1cc(=O)oc2cc(Oc3ccc(S(=O)(=O)N4CCCCC4)cc3[N+](=O)[O-])c(Cl)cc12.